The molecule has 0 aliphatic carbocycles. The molecule has 0 saturated carbocycles. The SMILES string of the molecule is CN1C(=O)C(=Cc2ccc(OCc3ccccc3)cc2)C(=O)N(C)C1=O. The Labute approximate surface area is 151 Å². The average Bonchev–Trinajstić information content (AvgIpc) is 2.68. The minimum absolute atomic E-state index is 0.0486. The van der Waals surface area contributed by atoms with E-state index in [-0.39, 0.29) is 5.57 Å². The predicted octanol–water partition coefficient (Wildman–Crippen LogP) is 2.70. The minimum atomic E-state index is -0.637. The number of hydrogen-bond acceptors (Lipinski definition) is 4. The fourth-order valence-corrected chi connectivity index (χ4v) is 2.54. The van der Waals surface area contributed by atoms with Gasteiger partial charge in [0.2, 0.25) is 0 Å². The maximum atomic E-state index is 12.2. The van der Waals surface area contributed by atoms with Crippen LogP contribution in [0.15, 0.2) is 60.2 Å². The predicted molar refractivity (Wildman–Crippen MR) is 96.1 cm³/mol. The Kier molecular flexibility index (Phi) is 4.84. The number of amides is 4. The number of benzene rings is 2. The molecule has 1 fully saturated rings. The number of likely N-dealkylation sites (N-methyl/N-ethyl adjacent to an activating group) is 2. The van der Waals surface area contributed by atoms with Crippen LogP contribution >= 0.6 is 0 Å². The summed E-state index contributed by atoms with van der Waals surface area (Å²) in [5.41, 5.74) is 1.69. The van der Waals surface area contributed by atoms with Crippen LogP contribution in [0.2, 0.25) is 0 Å². The van der Waals surface area contributed by atoms with Gasteiger partial charge >= 0.3 is 6.03 Å². The molecule has 1 aliphatic heterocycles. The van der Waals surface area contributed by atoms with Gasteiger partial charge in [0, 0.05) is 14.1 Å². The number of imide groups is 2. The lowest BCUT2D eigenvalue weighted by Crippen LogP contribution is -2.52. The highest BCUT2D eigenvalue weighted by molar-refractivity contribution is 6.30. The molecular weight excluding hydrogens is 332 g/mol. The number of rotatable bonds is 4. The maximum Gasteiger partial charge on any atom is 0.333 e. The van der Waals surface area contributed by atoms with Crippen molar-refractivity contribution in [2.75, 3.05) is 14.1 Å². The molecule has 132 valence electrons. The summed E-state index contributed by atoms with van der Waals surface area (Å²) in [7, 11) is 2.70. The van der Waals surface area contributed by atoms with Crippen molar-refractivity contribution in [2.45, 2.75) is 6.61 Å². The van der Waals surface area contributed by atoms with Gasteiger partial charge in [-0.1, -0.05) is 42.5 Å². The third-order valence-corrected chi connectivity index (χ3v) is 4.08. The molecule has 0 spiro atoms. The number of ether oxygens (including phenoxy) is 1. The zero-order valence-electron chi connectivity index (χ0n) is 14.5. The van der Waals surface area contributed by atoms with E-state index in [2.05, 4.69) is 0 Å². The summed E-state index contributed by atoms with van der Waals surface area (Å²) in [5, 5.41) is 0. The van der Waals surface area contributed by atoms with E-state index >= 15 is 0 Å². The van der Waals surface area contributed by atoms with E-state index in [9.17, 15) is 14.4 Å². The first-order valence-corrected chi connectivity index (χ1v) is 8.06. The Morgan fingerprint density at radius 3 is 2.00 bits per heavy atom. The van der Waals surface area contributed by atoms with Crippen LogP contribution in [0.3, 0.4) is 0 Å². The zero-order chi connectivity index (χ0) is 18.7. The van der Waals surface area contributed by atoms with Crippen LogP contribution in [-0.4, -0.2) is 41.7 Å². The number of hydrogen-bond donors (Lipinski definition) is 0. The van der Waals surface area contributed by atoms with Gasteiger partial charge in [-0.3, -0.25) is 19.4 Å². The molecule has 2 aromatic carbocycles. The van der Waals surface area contributed by atoms with Gasteiger partial charge in [-0.15, -0.1) is 0 Å². The lowest BCUT2D eigenvalue weighted by molar-refractivity contribution is -0.134. The van der Waals surface area contributed by atoms with E-state index in [1.165, 1.54) is 20.2 Å². The molecule has 3 rings (SSSR count). The maximum absolute atomic E-state index is 12.2. The Hall–Kier alpha value is -3.41. The molecule has 0 unspecified atom stereocenters. The van der Waals surface area contributed by atoms with Crippen LogP contribution in [0.1, 0.15) is 11.1 Å². The highest BCUT2D eigenvalue weighted by Gasteiger charge is 2.37. The van der Waals surface area contributed by atoms with Gasteiger partial charge in [-0.2, -0.15) is 0 Å². The van der Waals surface area contributed by atoms with Crippen molar-refractivity contribution in [2.24, 2.45) is 0 Å². The van der Waals surface area contributed by atoms with Crippen LogP contribution in [0.25, 0.3) is 6.08 Å². The molecule has 0 radical (unpaired) electrons. The summed E-state index contributed by atoms with van der Waals surface area (Å²) in [4.78, 5) is 38.0. The van der Waals surface area contributed by atoms with Crippen LogP contribution in [-0.2, 0) is 16.2 Å². The highest BCUT2D eigenvalue weighted by Crippen LogP contribution is 2.20. The number of urea groups is 1. The van der Waals surface area contributed by atoms with Crippen molar-refractivity contribution in [1.82, 2.24) is 9.80 Å². The lowest BCUT2D eigenvalue weighted by atomic mass is 10.1. The van der Waals surface area contributed by atoms with Crippen molar-refractivity contribution in [1.29, 1.82) is 0 Å². The molecule has 0 aromatic heterocycles. The topological polar surface area (TPSA) is 66.9 Å². The zero-order valence-corrected chi connectivity index (χ0v) is 14.5. The van der Waals surface area contributed by atoms with E-state index in [0.717, 1.165) is 15.4 Å². The van der Waals surface area contributed by atoms with Crippen molar-refractivity contribution in [3.05, 3.63) is 71.3 Å². The van der Waals surface area contributed by atoms with Crippen molar-refractivity contribution in [3.8, 4) is 5.75 Å². The molecule has 4 amide bonds. The summed E-state index contributed by atoms with van der Waals surface area (Å²) < 4.78 is 5.71. The molecule has 6 nitrogen and oxygen atoms in total. The number of carbonyl (C=O) groups excluding carboxylic acids is 3. The van der Waals surface area contributed by atoms with Crippen molar-refractivity contribution in [3.63, 3.8) is 0 Å². The van der Waals surface area contributed by atoms with Gasteiger partial charge in [0.1, 0.15) is 17.9 Å². The summed E-state index contributed by atoms with van der Waals surface area (Å²) in [6.07, 6.45) is 1.48. The first-order chi connectivity index (χ1) is 12.5. The molecule has 0 N–H and O–H groups in total. The standard InChI is InChI=1S/C20H18N2O4/c1-21-18(23)17(19(24)22(2)20(21)25)12-14-8-10-16(11-9-14)26-13-15-6-4-3-5-7-15/h3-12H,13H2,1-2H3. The smallest absolute Gasteiger partial charge is 0.333 e. The van der Waals surface area contributed by atoms with Crippen LogP contribution in [0.4, 0.5) is 4.79 Å². The summed E-state index contributed by atoms with van der Waals surface area (Å²) in [6, 6.07) is 16.2. The molecule has 1 heterocycles. The second-order valence-electron chi connectivity index (χ2n) is 5.91. The van der Waals surface area contributed by atoms with Gasteiger partial charge in [-0.05, 0) is 29.3 Å². The minimum Gasteiger partial charge on any atom is -0.489 e. The Bertz CT molecular complexity index is 846. The van der Waals surface area contributed by atoms with Gasteiger partial charge in [-0.25, -0.2) is 4.79 Å². The van der Waals surface area contributed by atoms with Crippen LogP contribution in [0, 0.1) is 0 Å². The molecule has 26 heavy (non-hydrogen) atoms. The first kappa shape index (κ1) is 17.4. The first-order valence-electron chi connectivity index (χ1n) is 8.06. The molecule has 1 saturated heterocycles. The molecule has 2 aromatic rings. The fourth-order valence-electron chi connectivity index (χ4n) is 2.54. The normalized spacial score (nSPS) is 14.7. The molecule has 0 atom stereocenters. The van der Waals surface area contributed by atoms with E-state index in [0.29, 0.717) is 17.9 Å². The second-order valence-corrected chi connectivity index (χ2v) is 5.91. The van der Waals surface area contributed by atoms with Gasteiger partial charge in [0.25, 0.3) is 11.8 Å². The van der Waals surface area contributed by atoms with E-state index in [1.807, 2.05) is 30.3 Å². The Morgan fingerprint density at radius 1 is 0.846 bits per heavy atom. The Morgan fingerprint density at radius 2 is 1.42 bits per heavy atom. The van der Waals surface area contributed by atoms with Gasteiger partial charge in [0.15, 0.2) is 0 Å². The summed E-state index contributed by atoms with van der Waals surface area (Å²) in [6.45, 7) is 0.454. The number of nitrogens with zero attached hydrogens (tertiary/aromatic N) is 2. The Balaban J connectivity index is 1.74. The van der Waals surface area contributed by atoms with E-state index in [4.69, 9.17) is 4.74 Å². The molecule has 1 aliphatic rings. The summed E-state index contributed by atoms with van der Waals surface area (Å²) in [5.74, 6) is -0.535. The van der Waals surface area contributed by atoms with Crippen LogP contribution < -0.4 is 4.74 Å². The third kappa shape index (κ3) is 3.49. The monoisotopic (exact) mass is 350 g/mol. The molecule has 0 bridgehead atoms. The highest BCUT2D eigenvalue weighted by atomic mass is 16.5. The molecule has 6 heteroatoms. The quantitative estimate of drug-likeness (QED) is 0.628. The number of carbonyl (C=O) groups is 3. The largest absolute Gasteiger partial charge is 0.489 e. The molecular formula is C20H18N2O4. The van der Waals surface area contributed by atoms with Crippen molar-refractivity contribution >= 4 is 23.9 Å². The fraction of sp³-hybridized carbons (Fsp3) is 0.150. The van der Waals surface area contributed by atoms with Gasteiger partial charge in [0.05, 0.1) is 0 Å². The average molecular weight is 350 g/mol. The third-order valence-electron chi connectivity index (χ3n) is 4.08. The lowest BCUT2D eigenvalue weighted by Gasteiger charge is -2.28. The van der Waals surface area contributed by atoms with E-state index in [1.54, 1.807) is 24.3 Å². The van der Waals surface area contributed by atoms with E-state index < -0.39 is 17.8 Å². The second kappa shape index (κ2) is 7.23. The summed E-state index contributed by atoms with van der Waals surface area (Å²) >= 11 is 0. The number of barbiturate groups is 1. The van der Waals surface area contributed by atoms with Crippen LogP contribution in [0.5, 0.6) is 5.75 Å². The van der Waals surface area contributed by atoms with Crippen molar-refractivity contribution < 1.29 is 19.1 Å². The van der Waals surface area contributed by atoms with Gasteiger partial charge < -0.3 is 4.74 Å².